The number of hydrogen-bond donors (Lipinski definition) is 1. The van der Waals surface area contributed by atoms with Crippen LogP contribution in [0.2, 0.25) is 0 Å². The summed E-state index contributed by atoms with van der Waals surface area (Å²) in [5.41, 5.74) is 1.58. The molecule has 118 valence electrons. The van der Waals surface area contributed by atoms with E-state index in [2.05, 4.69) is 9.71 Å². The van der Waals surface area contributed by atoms with Crippen LogP contribution < -0.4 is 4.72 Å². The lowest BCUT2D eigenvalue weighted by molar-refractivity contribution is 0.601. The number of nitrogens with zero attached hydrogens (tertiary/aromatic N) is 2. The summed E-state index contributed by atoms with van der Waals surface area (Å²) in [6, 6.07) is 10.3. The zero-order valence-corrected chi connectivity index (χ0v) is 13.1. The molecule has 0 aliphatic rings. The summed E-state index contributed by atoms with van der Waals surface area (Å²) in [6.45, 7) is 1.87. The largest absolute Gasteiger partial charge is 0.304 e. The zero-order chi connectivity index (χ0) is 16.4. The highest BCUT2D eigenvalue weighted by atomic mass is 32.2. The highest BCUT2D eigenvalue weighted by Gasteiger charge is 2.17. The predicted octanol–water partition coefficient (Wildman–Crippen LogP) is 3.12. The van der Waals surface area contributed by atoms with Gasteiger partial charge in [0.25, 0.3) is 10.0 Å². The van der Waals surface area contributed by atoms with E-state index >= 15 is 0 Å². The number of hydrogen-bond acceptors (Lipinski definition) is 3. The molecule has 0 atom stereocenters. The van der Waals surface area contributed by atoms with E-state index in [9.17, 15) is 12.8 Å². The van der Waals surface area contributed by atoms with E-state index in [-0.39, 0.29) is 10.6 Å². The molecule has 0 aliphatic heterocycles. The van der Waals surface area contributed by atoms with Gasteiger partial charge in [-0.15, -0.1) is 0 Å². The number of halogens is 1. The maximum Gasteiger partial charge on any atom is 0.261 e. The minimum atomic E-state index is -3.81. The van der Waals surface area contributed by atoms with Crippen LogP contribution in [-0.4, -0.2) is 18.0 Å². The molecule has 0 saturated heterocycles. The van der Waals surface area contributed by atoms with Gasteiger partial charge in [-0.1, -0.05) is 17.7 Å². The Kier molecular flexibility index (Phi) is 3.87. The summed E-state index contributed by atoms with van der Waals surface area (Å²) in [4.78, 5) is 4.03. The molecule has 23 heavy (non-hydrogen) atoms. The molecule has 0 amide bonds. The van der Waals surface area contributed by atoms with Gasteiger partial charge in [-0.2, -0.15) is 0 Å². The molecule has 7 heteroatoms. The fourth-order valence-electron chi connectivity index (χ4n) is 2.14. The first-order valence-corrected chi connectivity index (χ1v) is 8.31. The van der Waals surface area contributed by atoms with Crippen LogP contribution in [-0.2, 0) is 10.0 Å². The Bertz CT molecular complexity index is 920. The molecule has 2 aromatic carbocycles. The SMILES string of the molecule is Cc1ccc(S(=O)(=O)Nc2cc(F)ccc2-n2ccnc2)cc1. The lowest BCUT2D eigenvalue weighted by Gasteiger charge is -2.13. The summed E-state index contributed by atoms with van der Waals surface area (Å²) in [6.07, 6.45) is 4.72. The number of rotatable bonds is 4. The van der Waals surface area contributed by atoms with E-state index < -0.39 is 15.8 Å². The predicted molar refractivity (Wildman–Crippen MR) is 85.5 cm³/mol. The minimum absolute atomic E-state index is 0.115. The Morgan fingerprint density at radius 1 is 1.13 bits per heavy atom. The Morgan fingerprint density at radius 3 is 2.52 bits per heavy atom. The van der Waals surface area contributed by atoms with Crippen molar-refractivity contribution in [1.29, 1.82) is 0 Å². The number of benzene rings is 2. The van der Waals surface area contributed by atoms with Crippen molar-refractivity contribution >= 4 is 15.7 Å². The van der Waals surface area contributed by atoms with Crippen LogP contribution in [0.25, 0.3) is 5.69 Å². The van der Waals surface area contributed by atoms with Crippen molar-refractivity contribution in [2.24, 2.45) is 0 Å². The van der Waals surface area contributed by atoms with E-state index in [1.54, 1.807) is 29.1 Å². The van der Waals surface area contributed by atoms with Crippen LogP contribution in [0.1, 0.15) is 5.56 Å². The van der Waals surface area contributed by atoms with Crippen molar-refractivity contribution in [3.05, 3.63) is 72.6 Å². The van der Waals surface area contributed by atoms with E-state index in [1.807, 2.05) is 6.92 Å². The van der Waals surface area contributed by atoms with Gasteiger partial charge in [0.2, 0.25) is 0 Å². The number of sulfonamides is 1. The third-order valence-corrected chi connectivity index (χ3v) is 4.70. The smallest absolute Gasteiger partial charge is 0.261 e. The number of anilines is 1. The molecule has 0 aliphatic carbocycles. The topological polar surface area (TPSA) is 64.0 Å². The summed E-state index contributed by atoms with van der Waals surface area (Å²) in [5.74, 6) is -0.532. The fourth-order valence-corrected chi connectivity index (χ4v) is 3.20. The zero-order valence-electron chi connectivity index (χ0n) is 12.3. The maximum absolute atomic E-state index is 13.6. The minimum Gasteiger partial charge on any atom is -0.304 e. The lowest BCUT2D eigenvalue weighted by Crippen LogP contribution is -2.14. The van der Waals surface area contributed by atoms with E-state index in [1.165, 1.54) is 30.6 Å². The molecule has 1 aromatic heterocycles. The van der Waals surface area contributed by atoms with Crippen LogP contribution in [0.5, 0.6) is 0 Å². The monoisotopic (exact) mass is 331 g/mol. The summed E-state index contributed by atoms with van der Waals surface area (Å²) < 4.78 is 42.6. The second-order valence-corrected chi connectivity index (χ2v) is 6.73. The van der Waals surface area contributed by atoms with E-state index in [4.69, 9.17) is 0 Å². The molecular weight excluding hydrogens is 317 g/mol. The normalized spacial score (nSPS) is 11.4. The first-order valence-electron chi connectivity index (χ1n) is 6.83. The molecule has 3 aromatic rings. The van der Waals surface area contributed by atoms with E-state index in [0.717, 1.165) is 11.6 Å². The van der Waals surface area contributed by atoms with Gasteiger partial charge in [0, 0.05) is 18.5 Å². The number of imidazole rings is 1. The van der Waals surface area contributed by atoms with Crippen LogP contribution in [0.4, 0.5) is 10.1 Å². The molecular formula is C16H14FN3O2S. The highest BCUT2D eigenvalue weighted by Crippen LogP contribution is 2.24. The van der Waals surface area contributed by atoms with Crippen LogP contribution >= 0.6 is 0 Å². The second-order valence-electron chi connectivity index (χ2n) is 5.05. The molecule has 1 N–H and O–H groups in total. The second kappa shape index (κ2) is 5.85. The summed E-state index contributed by atoms with van der Waals surface area (Å²) in [5, 5.41) is 0. The lowest BCUT2D eigenvalue weighted by atomic mass is 10.2. The van der Waals surface area contributed by atoms with Crippen molar-refractivity contribution in [2.75, 3.05) is 4.72 Å². The Morgan fingerprint density at radius 2 is 1.87 bits per heavy atom. The van der Waals surface area contributed by atoms with Gasteiger partial charge < -0.3 is 4.57 Å². The summed E-state index contributed by atoms with van der Waals surface area (Å²) in [7, 11) is -3.81. The Balaban J connectivity index is 2.02. The Labute approximate surface area is 133 Å². The van der Waals surface area contributed by atoms with Crippen LogP contribution in [0.3, 0.4) is 0 Å². The molecule has 0 unspecified atom stereocenters. The molecule has 1 heterocycles. The van der Waals surface area contributed by atoms with Crippen molar-refractivity contribution in [2.45, 2.75) is 11.8 Å². The average molecular weight is 331 g/mol. The number of nitrogens with one attached hydrogen (secondary N) is 1. The summed E-state index contributed by atoms with van der Waals surface area (Å²) >= 11 is 0. The molecule has 0 radical (unpaired) electrons. The Hall–Kier alpha value is -2.67. The van der Waals surface area contributed by atoms with Gasteiger partial charge in [0.05, 0.1) is 22.6 Å². The molecule has 0 saturated carbocycles. The van der Waals surface area contributed by atoms with Gasteiger partial charge in [0.15, 0.2) is 0 Å². The molecule has 5 nitrogen and oxygen atoms in total. The van der Waals surface area contributed by atoms with Crippen LogP contribution in [0, 0.1) is 12.7 Å². The standard InChI is InChI=1S/C16H14FN3O2S/c1-12-2-5-14(6-3-12)23(21,22)19-15-10-13(17)4-7-16(15)20-9-8-18-11-20/h2-11,19H,1H3. The van der Waals surface area contributed by atoms with Crippen molar-refractivity contribution in [1.82, 2.24) is 9.55 Å². The quantitative estimate of drug-likeness (QED) is 0.799. The van der Waals surface area contributed by atoms with Gasteiger partial charge in [-0.3, -0.25) is 4.72 Å². The van der Waals surface area contributed by atoms with Gasteiger partial charge in [0.1, 0.15) is 5.82 Å². The third kappa shape index (κ3) is 3.24. The van der Waals surface area contributed by atoms with E-state index in [0.29, 0.717) is 5.69 Å². The average Bonchev–Trinajstić information content (AvgIpc) is 3.01. The number of aryl methyl sites for hydroxylation is 1. The molecule has 3 rings (SSSR count). The molecule has 0 spiro atoms. The number of aromatic nitrogens is 2. The fraction of sp³-hybridized carbons (Fsp3) is 0.0625. The maximum atomic E-state index is 13.6. The van der Waals surface area contributed by atoms with Crippen LogP contribution in [0.15, 0.2) is 66.1 Å². The van der Waals surface area contributed by atoms with Crippen molar-refractivity contribution in [3.8, 4) is 5.69 Å². The van der Waals surface area contributed by atoms with Gasteiger partial charge in [-0.05, 0) is 31.2 Å². The third-order valence-electron chi connectivity index (χ3n) is 3.32. The molecule has 0 bridgehead atoms. The van der Waals surface area contributed by atoms with Gasteiger partial charge >= 0.3 is 0 Å². The first-order chi connectivity index (χ1) is 11.0. The first kappa shape index (κ1) is 15.2. The molecule has 0 fully saturated rings. The highest BCUT2D eigenvalue weighted by molar-refractivity contribution is 7.92. The van der Waals surface area contributed by atoms with Crippen molar-refractivity contribution in [3.63, 3.8) is 0 Å². The van der Waals surface area contributed by atoms with Crippen molar-refractivity contribution < 1.29 is 12.8 Å². The van der Waals surface area contributed by atoms with Gasteiger partial charge in [-0.25, -0.2) is 17.8 Å².